The Hall–Kier alpha value is -1.99. The molecule has 1 unspecified atom stereocenters. The molecule has 0 bridgehead atoms. The number of hydrogen-bond donors (Lipinski definition) is 0. The lowest BCUT2D eigenvalue weighted by molar-refractivity contribution is -0.264. The third-order valence-electron chi connectivity index (χ3n) is 3.40. The van der Waals surface area contributed by atoms with E-state index in [0.717, 1.165) is 11.0 Å². The number of halogens is 3. The highest BCUT2D eigenvalue weighted by Crippen LogP contribution is 2.35. The number of anilines is 1. The molecular formula is C12H13F3N3O2-. The highest BCUT2D eigenvalue weighted by molar-refractivity contribution is 5.63. The van der Waals surface area contributed by atoms with E-state index in [9.17, 15) is 23.1 Å². The van der Waals surface area contributed by atoms with Gasteiger partial charge >= 0.3 is 6.18 Å². The molecule has 1 aromatic heterocycles. The van der Waals surface area contributed by atoms with Gasteiger partial charge in [0.25, 0.3) is 0 Å². The highest BCUT2D eigenvalue weighted by Gasteiger charge is 2.37. The molecule has 110 valence electrons. The molecule has 1 atom stereocenters. The van der Waals surface area contributed by atoms with Gasteiger partial charge < -0.3 is 19.7 Å². The Morgan fingerprint density at radius 1 is 1.55 bits per heavy atom. The van der Waals surface area contributed by atoms with Crippen LogP contribution in [0.3, 0.4) is 0 Å². The summed E-state index contributed by atoms with van der Waals surface area (Å²) >= 11 is 0. The van der Waals surface area contributed by atoms with E-state index in [-0.39, 0.29) is 24.9 Å². The molecule has 1 aromatic rings. The Bertz CT molecular complexity index is 507. The van der Waals surface area contributed by atoms with E-state index in [4.69, 9.17) is 0 Å². The first-order chi connectivity index (χ1) is 9.30. The zero-order chi connectivity index (χ0) is 14.9. The Morgan fingerprint density at radius 2 is 2.25 bits per heavy atom. The minimum absolute atomic E-state index is 0.118. The molecule has 1 amide bonds. The van der Waals surface area contributed by atoms with Gasteiger partial charge in [0.05, 0.1) is 5.56 Å². The van der Waals surface area contributed by atoms with Crippen LogP contribution in [0, 0.1) is 0 Å². The monoisotopic (exact) mass is 288 g/mol. The maximum atomic E-state index is 12.9. The molecule has 5 nitrogen and oxygen atoms in total. The minimum Gasteiger partial charge on any atom is -0.530 e. The van der Waals surface area contributed by atoms with Gasteiger partial charge in [-0.25, -0.2) is 4.98 Å². The summed E-state index contributed by atoms with van der Waals surface area (Å²) in [6.45, 7) is 0.373. The van der Waals surface area contributed by atoms with Crippen molar-refractivity contribution >= 4 is 11.9 Å². The van der Waals surface area contributed by atoms with Crippen molar-refractivity contribution in [1.82, 2.24) is 9.88 Å². The van der Waals surface area contributed by atoms with Crippen molar-refractivity contribution in [2.45, 2.75) is 18.6 Å². The maximum Gasteiger partial charge on any atom is 0.419 e. The van der Waals surface area contributed by atoms with Crippen LogP contribution in [0.15, 0.2) is 18.3 Å². The maximum absolute atomic E-state index is 12.9. The Kier molecular flexibility index (Phi) is 3.74. The number of hydrogen-bond acceptors (Lipinski definition) is 4. The molecule has 0 aliphatic carbocycles. The van der Waals surface area contributed by atoms with Crippen molar-refractivity contribution in [2.75, 3.05) is 25.0 Å². The zero-order valence-corrected chi connectivity index (χ0v) is 10.7. The summed E-state index contributed by atoms with van der Waals surface area (Å²) in [7, 11) is 1.49. The van der Waals surface area contributed by atoms with Crippen molar-refractivity contribution < 1.29 is 23.1 Å². The van der Waals surface area contributed by atoms with Crippen LogP contribution in [-0.4, -0.2) is 42.2 Å². The molecule has 1 aliphatic rings. The van der Waals surface area contributed by atoms with Gasteiger partial charge in [0.15, 0.2) is 0 Å². The Labute approximate surface area is 113 Å². The Balaban J connectivity index is 2.22. The zero-order valence-electron chi connectivity index (χ0n) is 10.7. The molecule has 0 N–H and O–H groups in total. The van der Waals surface area contributed by atoms with Crippen LogP contribution >= 0.6 is 0 Å². The number of alkyl halides is 3. The molecule has 1 aliphatic heterocycles. The van der Waals surface area contributed by atoms with Crippen LogP contribution < -0.4 is 10.0 Å². The van der Waals surface area contributed by atoms with Gasteiger partial charge in [0.1, 0.15) is 11.9 Å². The van der Waals surface area contributed by atoms with Gasteiger partial charge in [-0.05, 0) is 18.6 Å². The average molecular weight is 288 g/mol. The number of likely N-dealkylation sites (N-methyl/N-ethyl adjacent to an activating group) is 1. The lowest BCUT2D eigenvalue weighted by Crippen LogP contribution is -2.42. The fourth-order valence-corrected chi connectivity index (χ4v) is 2.30. The van der Waals surface area contributed by atoms with Gasteiger partial charge in [0, 0.05) is 32.4 Å². The number of aromatic nitrogens is 1. The van der Waals surface area contributed by atoms with Gasteiger partial charge in [-0.3, -0.25) is 0 Å². The molecule has 0 aromatic carbocycles. The molecule has 20 heavy (non-hydrogen) atoms. The number of carboxylic acid groups (broad SMARTS) is 1. The molecule has 8 heteroatoms. The smallest absolute Gasteiger partial charge is 0.419 e. The van der Waals surface area contributed by atoms with E-state index in [0.29, 0.717) is 6.42 Å². The van der Waals surface area contributed by atoms with E-state index in [1.54, 1.807) is 0 Å². The second-order valence-corrected chi connectivity index (χ2v) is 4.64. The molecule has 1 fully saturated rings. The summed E-state index contributed by atoms with van der Waals surface area (Å²) in [6.07, 6.45) is -4.08. The number of carbonyl (C=O) groups is 1. The molecule has 0 spiro atoms. The lowest BCUT2D eigenvalue weighted by atomic mass is 10.2. The predicted octanol–water partition coefficient (Wildman–Crippen LogP) is 0.954. The average Bonchev–Trinajstić information content (AvgIpc) is 2.86. The summed E-state index contributed by atoms with van der Waals surface area (Å²) in [6, 6.07) is 1.84. The molecule has 2 rings (SSSR count). The lowest BCUT2D eigenvalue weighted by Gasteiger charge is -2.28. The van der Waals surface area contributed by atoms with Gasteiger partial charge in [-0.2, -0.15) is 13.2 Å². The topological polar surface area (TPSA) is 59.5 Å². The van der Waals surface area contributed by atoms with Crippen LogP contribution in [-0.2, 0) is 6.18 Å². The van der Waals surface area contributed by atoms with Crippen LogP contribution in [0.5, 0.6) is 0 Å². The normalized spacial score (nSPS) is 19.2. The number of carbonyl (C=O) groups excluding carboxylic acids is 1. The highest BCUT2D eigenvalue weighted by atomic mass is 19.4. The van der Waals surface area contributed by atoms with E-state index in [2.05, 4.69) is 4.98 Å². The van der Waals surface area contributed by atoms with E-state index in [1.165, 1.54) is 24.2 Å². The molecule has 2 heterocycles. The van der Waals surface area contributed by atoms with Crippen LogP contribution in [0.2, 0.25) is 0 Å². The van der Waals surface area contributed by atoms with Crippen molar-refractivity contribution in [2.24, 2.45) is 0 Å². The minimum atomic E-state index is -4.50. The first-order valence-corrected chi connectivity index (χ1v) is 6.01. The predicted molar refractivity (Wildman–Crippen MR) is 63.0 cm³/mol. The van der Waals surface area contributed by atoms with E-state index in [1.807, 2.05) is 0 Å². The summed E-state index contributed by atoms with van der Waals surface area (Å²) in [5.74, 6) is -0.190. The first-order valence-electron chi connectivity index (χ1n) is 6.01. The van der Waals surface area contributed by atoms with Crippen molar-refractivity contribution in [3.05, 3.63) is 23.9 Å². The second-order valence-electron chi connectivity index (χ2n) is 4.64. The van der Waals surface area contributed by atoms with Crippen LogP contribution in [0.4, 0.5) is 23.8 Å². The number of likely N-dealkylation sites (tertiary alicyclic amines) is 1. The number of pyridine rings is 1. The van der Waals surface area contributed by atoms with Crippen molar-refractivity contribution in [1.29, 1.82) is 0 Å². The largest absolute Gasteiger partial charge is 0.530 e. The standard InChI is InChI=1S/C12H14F3N3O2/c1-17(8-4-6-18(7-8)11(19)20)10-9(12(13,14)15)3-2-5-16-10/h2-3,5,8H,4,6-7H2,1H3,(H,19,20)/p-1. The molecule has 0 saturated carbocycles. The van der Waals surface area contributed by atoms with E-state index < -0.39 is 17.8 Å². The van der Waals surface area contributed by atoms with E-state index >= 15 is 0 Å². The van der Waals surface area contributed by atoms with Crippen LogP contribution in [0.25, 0.3) is 0 Å². The first kappa shape index (κ1) is 14.4. The Morgan fingerprint density at radius 3 is 2.80 bits per heavy atom. The molecule has 0 radical (unpaired) electrons. The molecular weight excluding hydrogens is 275 g/mol. The van der Waals surface area contributed by atoms with Crippen molar-refractivity contribution in [3.63, 3.8) is 0 Å². The van der Waals surface area contributed by atoms with Crippen molar-refractivity contribution in [3.8, 4) is 0 Å². The third kappa shape index (κ3) is 2.78. The fraction of sp³-hybridized carbons (Fsp3) is 0.500. The summed E-state index contributed by atoms with van der Waals surface area (Å²) in [5, 5.41) is 10.7. The number of nitrogens with zero attached hydrogens (tertiary/aromatic N) is 3. The van der Waals surface area contributed by atoms with Gasteiger partial charge in [-0.15, -0.1) is 0 Å². The van der Waals surface area contributed by atoms with Gasteiger partial charge in [-0.1, -0.05) is 0 Å². The third-order valence-corrected chi connectivity index (χ3v) is 3.40. The quantitative estimate of drug-likeness (QED) is 0.813. The fourth-order valence-electron chi connectivity index (χ4n) is 2.30. The summed E-state index contributed by atoms with van der Waals surface area (Å²) < 4.78 is 38.8. The summed E-state index contributed by atoms with van der Waals surface area (Å²) in [5.41, 5.74) is -0.825. The number of amides is 1. The molecule has 1 saturated heterocycles. The van der Waals surface area contributed by atoms with Crippen LogP contribution in [0.1, 0.15) is 12.0 Å². The van der Waals surface area contributed by atoms with Gasteiger partial charge in [0.2, 0.25) is 0 Å². The second kappa shape index (κ2) is 5.18. The number of rotatable bonds is 2. The summed E-state index contributed by atoms with van der Waals surface area (Å²) in [4.78, 5) is 17.0. The SMILES string of the molecule is CN(c1ncccc1C(F)(F)F)C1CCN(C(=O)[O-])C1.